The summed E-state index contributed by atoms with van der Waals surface area (Å²) in [4.78, 5) is 14.5. The van der Waals surface area contributed by atoms with Crippen LogP contribution in [0, 0.1) is 0 Å². The molecule has 1 aliphatic carbocycles. The summed E-state index contributed by atoms with van der Waals surface area (Å²) in [5.74, 6) is 0.126. The Morgan fingerprint density at radius 1 is 1.35 bits per heavy atom. The minimum Gasteiger partial charge on any atom is -0.409 e. The van der Waals surface area contributed by atoms with E-state index in [0.717, 1.165) is 32.2 Å². The molecule has 0 spiro atoms. The molecule has 5 nitrogen and oxygen atoms in total. The summed E-state index contributed by atoms with van der Waals surface area (Å²) in [6, 6.07) is 7.28. The monoisotopic (exact) mass is 275 g/mol. The van der Waals surface area contributed by atoms with Crippen molar-refractivity contribution in [1.29, 1.82) is 0 Å². The quantitative estimate of drug-likeness (QED) is 0.361. The van der Waals surface area contributed by atoms with Gasteiger partial charge in [-0.15, -0.1) is 0 Å². The molecule has 3 N–H and O–H groups in total. The van der Waals surface area contributed by atoms with Gasteiger partial charge < -0.3 is 15.8 Å². The molecule has 108 valence electrons. The molecule has 0 unspecified atom stereocenters. The number of rotatable bonds is 6. The zero-order chi connectivity index (χ0) is 14.5. The number of amides is 1. The Morgan fingerprint density at radius 2 is 1.95 bits per heavy atom. The van der Waals surface area contributed by atoms with Crippen molar-refractivity contribution in [3.8, 4) is 0 Å². The number of benzene rings is 1. The van der Waals surface area contributed by atoms with Gasteiger partial charge in [0.2, 0.25) is 0 Å². The fourth-order valence-electron chi connectivity index (χ4n) is 2.17. The maximum absolute atomic E-state index is 12.5. The fraction of sp³-hybridized carbons (Fsp3) is 0.467. The molecule has 1 aliphatic rings. The van der Waals surface area contributed by atoms with Gasteiger partial charge in [0, 0.05) is 23.7 Å². The number of amidine groups is 1. The molecule has 1 fully saturated rings. The van der Waals surface area contributed by atoms with Gasteiger partial charge in [-0.1, -0.05) is 30.6 Å². The Morgan fingerprint density at radius 3 is 2.45 bits per heavy atom. The third-order valence-electron chi connectivity index (χ3n) is 3.54. The lowest BCUT2D eigenvalue weighted by Gasteiger charge is -2.22. The molecular formula is C15H21N3O2. The van der Waals surface area contributed by atoms with E-state index in [1.54, 1.807) is 24.3 Å². The molecule has 1 aromatic carbocycles. The molecule has 20 heavy (non-hydrogen) atoms. The van der Waals surface area contributed by atoms with E-state index in [0.29, 0.717) is 17.2 Å². The topological polar surface area (TPSA) is 78.9 Å². The van der Waals surface area contributed by atoms with Crippen molar-refractivity contribution < 1.29 is 10.0 Å². The lowest BCUT2D eigenvalue weighted by molar-refractivity contribution is 0.0740. The smallest absolute Gasteiger partial charge is 0.254 e. The first-order chi connectivity index (χ1) is 9.67. The van der Waals surface area contributed by atoms with Gasteiger partial charge in [-0.2, -0.15) is 0 Å². The van der Waals surface area contributed by atoms with Gasteiger partial charge in [0.05, 0.1) is 0 Å². The number of hydrogen-bond acceptors (Lipinski definition) is 3. The predicted molar refractivity (Wildman–Crippen MR) is 77.9 cm³/mol. The number of hydrogen-bond donors (Lipinski definition) is 2. The minimum absolute atomic E-state index is 0.0500. The van der Waals surface area contributed by atoms with Crippen LogP contribution in [0.5, 0.6) is 0 Å². The predicted octanol–water partition coefficient (Wildman–Crippen LogP) is 2.19. The van der Waals surface area contributed by atoms with Crippen LogP contribution in [0.25, 0.3) is 0 Å². The minimum atomic E-state index is 0.0500. The van der Waals surface area contributed by atoms with E-state index in [9.17, 15) is 4.79 Å². The molecule has 0 aliphatic heterocycles. The van der Waals surface area contributed by atoms with Crippen LogP contribution in [0.2, 0.25) is 0 Å². The zero-order valence-corrected chi connectivity index (χ0v) is 11.7. The van der Waals surface area contributed by atoms with E-state index >= 15 is 0 Å². The molecule has 1 aromatic rings. The van der Waals surface area contributed by atoms with E-state index in [1.165, 1.54) is 0 Å². The normalized spacial score (nSPS) is 15.2. The second kappa shape index (κ2) is 6.41. The highest BCUT2D eigenvalue weighted by molar-refractivity contribution is 5.99. The van der Waals surface area contributed by atoms with Gasteiger partial charge >= 0.3 is 0 Å². The van der Waals surface area contributed by atoms with Crippen LogP contribution in [0.3, 0.4) is 0 Å². The van der Waals surface area contributed by atoms with E-state index in [4.69, 9.17) is 10.9 Å². The number of nitrogens with two attached hydrogens (primary N) is 1. The second-order valence-electron chi connectivity index (χ2n) is 5.15. The van der Waals surface area contributed by atoms with E-state index in [1.807, 2.05) is 4.90 Å². The fourth-order valence-corrected chi connectivity index (χ4v) is 2.17. The van der Waals surface area contributed by atoms with Gasteiger partial charge in [-0.05, 0) is 31.4 Å². The summed E-state index contributed by atoms with van der Waals surface area (Å²) in [6.45, 7) is 2.95. The molecule has 5 heteroatoms. The van der Waals surface area contributed by atoms with Crippen LogP contribution in [-0.2, 0) is 0 Å². The van der Waals surface area contributed by atoms with Crippen molar-refractivity contribution in [2.24, 2.45) is 10.9 Å². The Bertz CT molecular complexity index is 492. The van der Waals surface area contributed by atoms with Crippen molar-refractivity contribution in [3.63, 3.8) is 0 Å². The number of nitrogens with zero attached hydrogens (tertiary/aromatic N) is 2. The van der Waals surface area contributed by atoms with E-state index in [2.05, 4.69) is 12.1 Å². The van der Waals surface area contributed by atoms with Crippen molar-refractivity contribution in [2.45, 2.75) is 38.6 Å². The van der Waals surface area contributed by atoms with Gasteiger partial charge in [0.15, 0.2) is 5.84 Å². The lowest BCUT2D eigenvalue weighted by atomic mass is 10.1. The van der Waals surface area contributed by atoms with Crippen LogP contribution >= 0.6 is 0 Å². The first kappa shape index (κ1) is 14.4. The van der Waals surface area contributed by atoms with Gasteiger partial charge in [0.25, 0.3) is 5.91 Å². The third-order valence-corrected chi connectivity index (χ3v) is 3.54. The molecule has 0 atom stereocenters. The molecule has 0 saturated heterocycles. The standard InChI is InChI=1S/C15H21N3O2/c1-2-3-10-18(13-8-9-13)15(19)12-6-4-11(5-7-12)14(16)17-20/h4-7,13,20H,2-3,8-10H2,1H3,(H2,16,17). The zero-order valence-electron chi connectivity index (χ0n) is 11.7. The van der Waals surface area contributed by atoms with Crippen LogP contribution in [-0.4, -0.2) is 34.4 Å². The maximum Gasteiger partial charge on any atom is 0.254 e. The SMILES string of the molecule is CCCCN(C(=O)c1ccc(C(N)=NO)cc1)C1CC1. The average Bonchev–Trinajstić information content (AvgIpc) is 3.31. The highest BCUT2D eigenvalue weighted by Crippen LogP contribution is 2.28. The number of carbonyl (C=O) groups excluding carboxylic acids is 1. The van der Waals surface area contributed by atoms with Crippen LogP contribution in [0.1, 0.15) is 48.5 Å². The molecule has 0 bridgehead atoms. The van der Waals surface area contributed by atoms with E-state index < -0.39 is 0 Å². The number of oxime groups is 1. The maximum atomic E-state index is 12.5. The second-order valence-corrected chi connectivity index (χ2v) is 5.15. The number of unbranched alkanes of at least 4 members (excludes halogenated alkanes) is 1. The summed E-state index contributed by atoms with van der Waals surface area (Å²) in [5.41, 5.74) is 6.77. The Balaban J connectivity index is 2.10. The van der Waals surface area contributed by atoms with Crippen molar-refractivity contribution in [3.05, 3.63) is 35.4 Å². The first-order valence-corrected chi connectivity index (χ1v) is 7.06. The Hall–Kier alpha value is -2.04. The summed E-state index contributed by atoms with van der Waals surface area (Å²) in [6.07, 6.45) is 4.33. The average molecular weight is 275 g/mol. The number of carbonyl (C=O) groups is 1. The van der Waals surface area contributed by atoms with Crippen LogP contribution in [0.15, 0.2) is 29.4 Å². The molecule has 0 heterocycles. The third kappa shape index (κ3) is 3.29. The van der Waals surface area contributed by atoms with Crippen molar-refractivity contribution >= 4 is 11.7 Å². The molecule has 2 rings (SSSR count). The molecule has 1 saturated carbocycles. The van der Waals surface area contributed by atoms with Gasteiger partial charge in [-0.3, -0.25) is 4.79 Å². The molecular weight excluding hydrogens is 254 g/mol. The van der Waals surface area contributed by atoms with Crippen LogP contribution < -0.4 is 5.73 Å². The molecule has 1 amide bonds. The highest BCUT2D eigenvalue weighted by Gasteiger charge is 2.32. The van der Waals surface area contributed by atoms with Gasteiger partial charge in [0.1, 0.15) is 0 Å². The van der Waals surface area contributed by atoms with Crippen LogP contribution in [0.4, 0.5) is 0 Å². The summed E-state index contributed by atoms with van der Waals surface area (Å²) in [5, 5.41) is 11.6. The largest absolute Gasteiger partial charge is 0.409 e. The Labute approximate surface area is 119 Å². The summed E-state index contributed by atoms with van der Waals surface area (Å²) in [7, 11) is 0. The van der Waals surface area contributed by atoms with Crippen molar-refractivity contribution in [2.75, 3.05) is 6.54 Å². The highest BCUT2D eigenvalue weighted by atomic mass is 16.4. The summed E-state index contributed by atoms with van der Waals surface area (Å²) >= 11 is 0. The molecule has 0 radical (unpaired) electrons. The molecule has 0 aromatic heterocycles. The van der Waals surface area contributed by atoms with Crippen molar-refractivity contribution in [1.82, 2.24) is 4.90 Å². The lowest BCUT2D eigenvalue weighted by Crippen LogP contribution is -2.34. The Kier molecular flexibility index (Phi) is 4.61. The van der Waals surface area contributed by atoms with Gasteiger partial charge in [-0.25, -0.2) is 0 Å². The van der Waals surface area contributed by atoms with E-state index in [-0.39, 0.29) is 11.7 Å². The first-order valence-electron chi connectivity index (χ1n) is 7.06. The summed E-state index contributed by atoms with van der Waals surface area (Å²) < 4.78 is 0.